The number of anilines is 1. The van der Waals surface area contributed by atoms with Crippen molar-refractivity contribution in [2.24, 2.45) is 5.73 Å². The molecule has 0 aromatic heterocycles. The van der Waals surface area contributed by atoms with Gasteiger partial charge >= 0.3 is 12.4 Å². The Bertz CT molecular complexity index is 553. The van der Waals surface area contributed by atoms with Crippen LogP contribution in [0.15, 0.2) is 18.2 Å². The molecule has 0 radical (unpaired) electrons. The van der Waals surface area contributed by atoms with Crippen molar-refractivity contribution in [1.29, 1.82) is 0 Å². The van der Waals surface area contributed by atoms with Crippen molar-refractivity contribution < 1.29 is 31.1 Å². The first-order chi connectivity index (χ1) is 9.26. The van der Waals surface area contributed by atoms with Gasteiger partial charge in [-0.3, -0.25) is 4.79 Å². The maximum absolute atomic E-state index is 12.6. The molecular weight excluding hydrogens is 326 g/mol. The van der Waals surface area contributed by atoms with Crippen LogP contribution >= 0.6 is 11.6 Å². The van der Waals surface area contributed by atoms with Crippen molar-refractivity contribution in [2.45, 2.75) is 24.8 Å². The van der Waals surface area contributed by atoms with Crippen molar-refractivity contribution in [1.82, 2.24) is 0 Å². The average Bonchev–Trinajstić information content (AvgIpc) is 2.28. The number of carbonyl (C=O) groups is 1. The monoisotopic (exact) mass is 334 g/mol. The normalized spacial score (nSPS) is 15.5. The molecule has 0 saturated carbocycles. The lowest BCUT2D eigenvalue weighted by atomic mass is 10.0. The van der Waals surface area contributed by atoms with E-state index in [4.69, 9.17) is 17.3 Å². The van der Waals surface area contributed by atoms with Gasteiger partial charge in [0.1, 0.15) is 0 Å². The molecule has 3 nitrogen and oxygen atoms in total. The van der Waals surface area contributed by atoms with E-state index in [0.717, 1.165) is 12.1 Å². The number of benzene rings is 1. The molecule has 1 unspecified atom stereocenters. The standard InChI is InChI=1S/C11H9ClF6N2O/c1-9(19,11(16,17)18)8(21)20-5-2-3-7(12)6(4-5)10(13,14)15/h2-4H,19H2,1H3,(H,20,21). The van der Waals surface area contributed by atoms with Gasteiger partial charge in [0.25, 0.3) is 5.91 Å². The maximum Gasteiger partial charge on any atom is 0.417 e. The second-order valence-corrected chi connectivity index (χ2v) is 4.75. The highest BCUT2D eigenvalue weighted by atomic mass is 35.5. The van der Waals surface area contributed by atoms with Gasteiger partial charge in [0.15, 0.2) is 5.54 Å². The number of hydrogen-bond donors (Lipinski definition) is 2. The van der Waals surface area contributed by atoms with E-state index in [9.17, 15) is 31.1 Å². The zero-order valence-corrected chi connectivity index (χ0v) is 11.1. The molecule has 1 aromatic carbocycles. The molecule has 10 heteroatoms. The molecule has 0 heterocycles. The second kappa shape index (κ2) is 5.38. The smallest absolute Gasteiger partial charge is 0.324 e. The predicted octanol–water partition coefficient (Wildman–Crippen LogP) is 3.58. The lowest BCUT2D eigenvalue weighted by Crippen LogP contribution is -2.59. The van der Waals surface area contributed by atoms with E-state index in [-0.39, 0.29) is 0 Å². The topological polar surface area (TPSA) is 55.1 Å². The van der Waals surface area contributed by atoms with Crippen molar-refractivity contribution in [3.63, 3.8) is 0 Å². The first-order valence-electron chi connectivity index (χ1n) is 5.30. The van der Waals surface area contributed by atoms with Gasteiger partial charge in [-0.15, -0.1) is 0 Å². The van der Waals surface area contributed by atoms with Gasteiger partial charge < -0.3 is 11.1 Å². The largest absolute Gasteiger partial charge is 0.417 e. The van der Waals surface area contributed by atoms with Gasteiger partial charge in [0.2, 0.25) is 0 Å². The van der Waals surface area contributed by atoms with Gasteiger partial charge in [-0.2, -0.15) is 26.3 Å². The molecule has 0 spiro atoms. The van der Waals surface area contributed by atoms with Gasteiger partial charge in [-0.1, -0.05) is 11.6 Å². The lowest BCUT2D eigenvalue weighted by molar-refractivity contribution is -0.184. The molecule has 1 amide bonds. The van der Waals surface area contributed by atoms with Gasteiger partial charge in [-0.25, -0.2) is 0 Å². The van der Waals surface area contributed by atoms with Crippen molar-refractivity contribution in [3.05, 3.63) is 28.8 Å². The Labute approximate surface area is 120 Å². The number of rotatable bonds is 2. The van der Waals surface area contributed by atoms with Crippen LogP contribution in [0.25, 0.3) is 0 Å². The lowest BCUT2D eigenvalue weighted by Gasteiger charge is -2.26. The first-order valence-corrected chi connectivity index (χ1v) is 5.68. The maximum atomic E-state index is 12.6. The summed E-state index contributed by atoms with van der Waals surface area (Å²) >= 11 is 5.34. The number of hydrogen-bond acceptors (Lipinski definition) is 2. The highest BCUT2D eigenvalue weighted by Gasteiger charge is 2.54. The summed E-state index contributed by atoms with van der Waals surface area (Å²) in [5.74, 6) is -1.69. The summed E-state index contributed by atoms with van der Waals surface area (Å²) in [6.07, 6.45) is -9.87. The Morgan fingerprint density at radius 1 is 1.19 bits per heavy atom. The molecular formula is C11H9ClF6N2O. The zero-order chi connectivity index (χ0) is 16.6. The van der Waals surface area contributed by atoms with Crippen LogP contribution in [0.3, 0.4) is 0 Å². The molecule has 1 aromatic rings. The minimum atomic E-state index is -5.06. The molecule has 1 rings (SSSR count). The van der Waals surface area contributed by atoms with Crippen LogP contribution in [-0.4, -0.2) is 17.6 Å². The van der Waals surface area contributed by atoms with E-state index >= 15 is 0 Å². The Morgan fingerprint density at radius 3 is 2.14 bits per heavy atom. The predicted molar refractivity (Wildman–Crippen MR) is 63.7 cm³/mol. The summed E-state index contributed by atoms with van der Waals surface area (Å²) < 4.78 is 75.4. The fourth-order valence-corrected chi connectivity index (χ4v) is 1.43. The van der Waals surface area contributed by atoms with E-state index in [1.807, 2.05) is 0 Å². The van der Waals surface area contributed by atoms with E-state index in [1.165, 1.54) is 0 Å². The van der Waals surface area contributed by atoms with Crippen LogP contribution < -0.4 is 11.1 Å². The van der Waals surface area contributed by atoms with Crippen molar-refractivity contribution >= 4 is 23.2 Å². The van der Waals surface area contributed by atoms with Gasteiger partial charge in [0, 0.05) is 5.69 Å². The summed E-state index contributed by atoms with van der Waals surface area (Å²) in [5.41, 5.74) is -0.178. The Morgan fingerprint density at radius 2 is 1.71 bits per heavy atom. The van der Waals surface area contributed by atoms with Crippen molar-refractivity contribution in [2.75, 3.05) is 5.32 Å². The number of amides is 1. The third-order valence-corrected chi connectivity index (χ3v) is 2.92. The Balaban J connectivity index is 3.08. The molecule has 0 bridgehead atoms. The fraction of sp³-hybridized carbons (Fsp3) is 0.364. The third kappa shape index (κ3) is 3.79. The minimum absolute atomic E-state index is 0.406. The number of carbonyl (C=O) groups excluding carboxylic acids is 1. The quantitative estimate of drug-likeness (QED) is 0.812. The van der Waals surface area contributed by atoms with Crippen LogP contribution in [0.2, 0.25) is 5.02 Å². The molecule has 0 fully saturated rings. The number of nitrogens with two attached hydrogens (primary N) is 1. The summed E-state index contributed by atoms with van der Waals surface area (Å²) in [5, 5.41) is 1.04. The van der Waals surface area contributed by atoms with E-state index in [2.05, 4.69) is 0 Å². The molecule has 118 valence electrons. The molecule has 0 aliphatic heterocycles. The minimum Gasteiger partial charge on any atom is -0.324 e. The van der Waals surface area contributed by atoms with Crippen LogP contribution in [-0.2, 0) is 11.0 Å². The SMILES string of the molecule is CC(N)(C(=O)Nc1ccc(Cl)c(C(F)(F)F)c1)C(F)(F)F. The summed E-state index contributed by atoms with van der Waals surface area (Å²) in [4.78, 5) is 11.5. The Hall–Kier alpha value is -1.48. The van der Waals surface area contributed by atoms with E-state index < -0.39 is 40.1 Å². The highest BCUT2D eigenvalue weighted by molar-refractivity contribution is 6.31. The summed E-state index contributed by atoms with van der Waals surface area (Å²) in [6.45, 7) is 0.406. The highest BCUT2D eigenvalue weighted by Crippen LogP contribution is 2.36. The summed E-state index contributed by atoms with van der Waals surface area (Å²) in [7, 11) is 0. The molecule has 0 aliphatic rings. The van der Waals surface area contributed by atoms with Crippen LogP contribution in [0.5, 0.6) is 0 Å². The number of halogens is 7. The first kappa shape index (κ1) is 17.6. The third-order valence-electron chi connectivity index (χ3n) is 2.59. The number of alkyl halides is 6. The fourth-order valence-electron chi connectivity index (χ4n) is 1.21. The van der Waals surface area contributed by atoms with Crippen LogP contribution in [0.4, 0.5) is 32.0 Å². The summed E-state index contributed by atoms with van der Waals surface area (Å²) in [6, 6.07) is 2.16. The van der Waals surface area contributed by atoms with Gasteiger partial charge in [0.05, 0.1) is 10.6 Å². The van der Waals surface area contributed by atoms with Crippen molar-refractivity contribution in [3.8, 4) is 0 Å². The average molecular weight is 335 g/mol. The molecule has 0 aliphatic carbocycles. The molecule has 1 atom stereocenters. The van der Waals surface area contributed by atoms with E-state index in [1.54, 1.807) is 5.32 Å². The zero-order valence-electron chi connectivity index (χ0n) is 10.4. The Kier molecular flexibility index (Phi) is 4.50. The molecule has 3 N–H and O–H groups in total. The number of nitrogens with one attached hydrogen (secondary N) is 1. The molecule has 21 heavy (non-hydrogen) atoms. The van der Waals surface area contributed by atoms with Crippen LogP contribution in [0, 0.1) is 0 Å². The van der Waals surface area contributed by atoms with Crippen LogP contribution in [0.1, 0.15) is 12.5 Å². The molecule has 0 saturated heterocycles. The van der Waals surface area contributed by atoms with E-state index in [0.29, 0.717) is 13.0 Å². The second-order valence-electron chi connectivity index (χ2n) is 4.35. The van der Waals surface area contributed by atoms with Gasteiger partial charge in [-0.05, 0) is 25.1 Å².